The van der Waals surface area contributed by atoms with Crippen molar-refractivity contribution in [2.75, 3.05) is 28.0 Å². The van der Waals surface area contributed by atoms with Crippen LogP contribution in [-0.2, 0) is 10.0 Å². The predicted octanol–water partition coefficient (Wildman–Crippen LogP) is 4.48. The zero-order chi connectivity index (χ0) is 21.8. The second-order valence-corrected chi connectivity index (χ2v) is 8.99. The molecule has 0 aromatic heterocycles. The highest BCUT2D eigenvalue weighted by molar-refractivity contribution is 7.92. The molecule has 1 heterocycles. The van der Waals surface area contributed by atoms with Crippen LogP contribution in [0.2, 0.25) is 0 Å². The molecule has 0 radical (unpaired) electrons. The number of nitrogens with one attached hydrogen (secondary N) is 2. The summed E-state index contributed by atoms with van der Waals surface area (Å²) in [7, 11) is -3.77. The molecule has 0 saturated carbocycles. The molecular weight excluding hydrogens is 417 g/mol. The van der Waals surface area contributed by atoms with Gasteiger partial charge in [0.2, 0.25) is 0 Å². The first-order valence-electron chi connectivity index (χ1n) is 9.96. The zero-order valence-corrected chi connectivity index (χ0v) is 17.5. The highest BCUT2D eigenvalue weighted by atomic mass is 32.2. The van der Waals surface area contributed by atoms with Crippen molar-refractivity contribution >= 4 is 33.0 Å². The van der Waals surface area contributed by atoms with E-state index in [0.29, 0.717) is 17.1 Å². The van der Waals surface area contributed by atoms with Crippen molar-refractivity contribution in [3.05, 3.63) is 84.2 Å². The Morgan fingerprint density at radius 1 is 0.871 bits per heavy atom. The lowest BCUT2D eigenvalue weighted by molar-refractivity contribution is 0.102. The van der Waals surface area contributed by atoms with E-state index in [1.54, 1.807) is 42.5 Å². The van der Waals surface area contributed by atoms with Gasteiger partial charge < -0.3 is 10.2 Å². The number of para-hydroxylation sites is 1. The Kier molecular flexibility index (Phi) is 5.90. The van der Waals surface area contributed by atoms with Gasteiger partial charge in [0, 0.05) is 30.0 Å². The fourth-order valence-electron chi connectivity index (χ4n) is 3.51. The monoisotopic (exact) mass is 439 g/mol. The normalized spacial score (nSPS) is 13.8. The lowest BCUT2D eigenvalue weighted by Crippen LogP contribution is -2.19. The van der Waals surface area contributed by atoms with Crippen molar-refractivity contribution in [3.63, 3.8) is 0 Å². The van der Waals surface area contributed by atoms with Gasteiger partial charge in [0.15, 0.2) is 0 Å². The average molecular weight is 440 g/mol. The number of rotatable bonds is 6. The molecule has 2 N–H and O–H groups in total. The van der Waals surface area contributed by atoms with Crippen LogP contribution in [0.25, 0.3) is 0 Å². The van der Waals surface area contributed by atoms with E-state index in [2.05, 4.69) is 10.0 Å². The molecule has 8 heteroatoms. The molecule has 31 heavy (non-hydrogen) atoms. The van der Waals surface area contributed by atoms with Gasteiger partial charge in [-0.1, -0.05) is 18.2 Å². The van der Waals surface area contributed by atoms with E-state index in [9.17, 15) is 17.6 Å². The van der Waals surface area contributed by atoms with Crippen LogP contribution in [0.1, 0.15) is 23.2 Å². The number of halogens is 1. The average Bonchev–Trinajstić information content (AvgIpc) is 3.29. The number of carbonyl (C=O) groups is 1. The van der Waals surface area contributed by atoms with Gasteiger partial charge in [-0.2, -0.15) is 0 Å². The van der Waals surface area contributed by atoms with Gasteiger partial charge in [-0.3, -0.25) is 9.52 Å². The Balaban J connectivity index is 1.44. The van der Waals surface area contributed by atoms with E-state index < -0.39 is 15.9 Å². The number of amides is 1. The van der Waals surface area contributed by atoms with Crippen molar-refractivity contribution in [1.29, 1.82) is 0 Å². The first-order chi connectivity index (χ1) is 14.9. The van der Waals surface area contributed by atoms with Gasteiger partial charge in [0.05, 0.1) is 10.6 Å². The number of carbonyl (C=O) groups excluding carboxylic acids is 1. The summed E-state index contributed by atoms with van der Waals surface area (Å²) >= 11 is 0. The molecule has 0 unspecified atom stereocenters. The van der Waals surface area contributed by atoms with E-state index in [4.69, 9.17) is 0 Å². The third kappa shape index (κ3) is 4.86. The van der Waals surface area contributed by atoms with Gasteiger partial charge in [-0.05, 0) is 67.4 Å². The van der Waals surface area contributed by atoms with Gasteiger partial charge in [-0.15, -0.1) is 0 Å². The molecule has 0 bridgehead atoms. The number of anilines is 3. The maximum atomic E-state index is 14.5. The second-order valence-electron chi connectivity index (χ2n) is 7.31. The van der Waals surface area contributed by atoms with Gasteiger partial charge in [0.1, 0.15) is 5.82 Å². The van der Waals surface area contributed by atoms with Crippen LogP contribution in [0, 0.1) is 5.82 Å². The van der Waals surface area contributed by atoms with E-state index in [1.165, 1.54) is 30.3 Å². The van der Waals surface area contributed by atoms with Gasteiger partial charge >= 0.3 is 0 Å². The minimum Gasteiger partial charge on any atom is -0.369 e. The minimum atomic E-state index is -3.77. The molecule has 160 valence electrons. The smallest absolute Gasteiger partial charge is 0.261 e. The minimum absolute atomic E-state index is 0.0360. The summed E-state index contributed by atoms with van der Waals surface area (Å²) in [5.74, 6) is -0.832. The highest BCUT2D eigenvalue weighted by Gasteiger charge is 2.18. The zero-order valence-electron chi connectivity index (χ0n) is 16.7. The SMILES string of the molecule is O=C(Nc1ccc(N2CCCC2)c(F)c1)c1ccc(S(=O)(=O)Nc2ccccc2)cc1. The molecule has 1 aliphatic rings. The van der Waals surface area contributed by atoms with E-state index >= 15 is 0 Å². The van der Waals surface area contributed by atoms with Crippen LogP contribution in [0.4, 0.5) is 21.5 Å². The highest BCUT2D eigenvalue weighted by Crippen LogP contribution is 2.26. The second kappa shape index (κ2) is 8.77. The van der Waals surface area contributed by atoms with Gasteiger partial charge in [0.25, 0.3) is 15.9 Å². The fourth-order valence-corrected chi connectivity index (χ4v) is 4.57. The summed E-state index contributed by atoms with van der Waals surface area (Å²) < 4.78 is 41.9. The Morgan fingerprint density at radius 2 is 1.55 bits per heavy atom. The van der Waals surface area contributed by atoms with Crippen molar-refractivity contribution in [2.24, 2.45) is 0 Å². The lowest BCUT2D eigenvalue weighted by atomic mass is 10.2. The quantitative estimate of drug-likeness (QED) is 0.594. The molecule has 0 spiro atoms. The maximum absolute atomic E-state index is 14.5. The molecule has 3 aromatic carbocycles. The summed E-state index contributed by atoms with van der Waals surface area (Å²) in [6, 6.07) is 18.7. The topological polar surface area (TPSA) is 78.5 Å². The molecule has 3 aromatic rings. The standard InChI is InChI=1S/C23H22FN3O3S/c24-21-16-19(10-13-22(21)27-14-4-5-15-27)25-23(28)17-8-11-20(12-9-17)31(29,30)26-18-6-2-1-3-7-18/h1-3,6-13,16,26H,4-5,14-15H2,(H,25,28). The Hall–Kier alpha value is -3.39. The summed E-state index contributed by atoms with van der Waals surface area (Å²) in [6.45, 7) is 1.66. The molecule has 1 saturated heterocycles. The molecule has 1 amide bonds. The third-order valence-corrected chi connectivity index (χ3v) is 6.50. The molecule has 1 aliphatic heterocycles. The van der Waals surface area contributed by atoms with E-state index in [0.717, 1.165) is 25.9 Å². The Bertz CT molecular complexity index is 1180. The van der Waals surface area contributed by atoms with Crippen molar-refractivity contribution in [3.8, 4) is 0 Å². The van der Waals surface area contributed by atoms with Gasteiger partial charge in [-0.25, -0.2) is 12.8 Å². The Morgan fingerprint density at radius 3 is 2.19 bits per heavy atom. The van der Waals surface area contributed by atoms with Crippen LogP contribution in [0.3, 0.4) is 0 Å². The molecule has 1 fully saturated rings. The summed E-state index contributed by atoms with van der Waals surface area (Å²) in [6.07, 6.45) is 2.09. The predicted molar refractivity (Wildman–Crippen MR) is 119 cm³/mol. The van der Waals surface area contributed by atoms with Crippen LogP contribution in [-0.4, -0.2) is 27.4 Å². The van der Waals surface area contributed by atoms with Crippen LogP contribution >= 0.6 is 0 Å². The Labute approximate surface area is 180 Å². The number of hydrogen-bond acceptors (Lipinski definition) is 4. The number of hydrogen-bond donors (Lipinski definition) is 2. The van der Waals surface area contributed by atoms with Crippen molar-refractivity contribution in [1.82, 2.24) is 0 Å². The van der Waals surface area contributed by atoms with Crippen molar-refractivity contribution < 1.29 is 17.6 Å². The molecular formula is C23H22FN3O3S. The molecule has 0 atom stereocenters. The lowest BCUT2D eigenvalue weighted by Gasteiger charge is -2.18. The van der Waals surface area contributed by atoms with Crippen molar-refractivity contribution in [2.45, 2.75) is 17.7 Å². The molecule has 6 nitrogen and oxygen atoms in total. The van der Waals surface area contributed by atoms with Crippen LogP contribution < -0.4 is 14.9 Å². The third-order valence-electron chi connectivity index (χ3n) is 5.11. The van der Waals surface area contributed by atoms with E-state index in [-0.39, 0.29) is 16.3 Å². The molecule has 4 rings (SSSR count). The summed E-state index contributed by atoms with van der Waals surface area (Å²) in [5.41, 5.74) is 1.59. The van der Waals surface area contributed by atoms with E-state index in [1.807, 2.05) is 4.90 Å². The number of nitrogens with zero attached hydrogens (tertiary/aromatic N) is 1. The largest absolute Gasteiger partial charge is 0.369 e. The van der Waals surface area contributed by atoms with Crippen LogP contribution in [0.5, 0.6) is 0 Å². The first kappa shape index (κ1) is 20.9. The summed E-state index contributed by atoms with van der Waals surface area (Å²) in [4.78, 5) is 14.5. The first-order valence-corrected chi connectivity index (χ1v) is 11.4. The number of benzene rings is 3. The van der Waals surface area contributed by atoms with Crippen LogP contribution in [0.15, 0.2) is 77.7 Å². The molecule has 0 aliphatic carbocycles. The maximum Gasteiger partial charge on any atom is 0.261 e. The fraction of sp³-hybridized carbons (Fsp3) is 0.174. The number of sulfonamides is 1. The summed E-state index contributed by atoms with van der Waals surface area (Å²) in [5, 5.41) is 2.65.